The number of rotatable bonds is 8. The van der Waals surface area contributed by atoms with E-state index in [-0.39, 0.29) is 17.5 Å². The molecule has 8 nitrogen and oxygen atoms in total. The normalized spacial score (nSPS) is 16.1. The van der Waals surface area contributed by atoms with Crippen LogP contribution in [0.2, 0.25) is 0 Å². The Hall–Kier alpha value is -6.54. The number of Topliss-reactive ketones (excluding diaryl/α,β-unsaturated/α-hetero) is 2. The molecule has 0 radical (unpaired) electrons. The zero-order valence-electron chi connectivity index (χ0n) is 31.1. The maximum Gasteiger partial charge on any atom is 0.167 e. The molecule has 2 aliphatic carbocycles. The van der Waals surface area contributed by atoms with E-state index in [1.165, 1.54) is 5.56 Å². The minimum Gasteiger partial charge on any atom is -0.356 e. The second-order valence-corrected chi connectivity index (χ2v) is 14.7. The number of nitrogens with one attached hydrogen (secondary N) is 4. The minimum atomic E-state index is 0.176. The van der Waals surface area contributed by atoms with Crippen molar-refractivity contribution >= 4 is 34.3 Å². The van der Waals surface area contributed by atoms with Gasteiger partial charge in [-0.3, -0.25) is 19.6 Å². The lowest BCUT2D eigenvalue weighted by Gasteiger charge is -2.25. The van der Waals surface area contributed by atoms with E-state index in [1.54, 1.807) is 24.8 Å². The molecule has 55 heavy (non-hydrogen) atoms. The van der Waals surface area contributed by atoms with E-state index in [0.717, 1.165) is 80.6 Å². The monoisotopic (exact) mass is 724 g/mol. The molecule has 7 aromatic rings. The number of aromatic amines is 2. The summed E-state index contributed by atoms with van der Waals surface area (Å²) in [5.41, 5.74) is 12.5. The number of hydrogen-bond donors (Lipinski definition) is 4. The average Bonchev–Trinajstić information content (AvgIpc) is 3.78. The van der Waals surface area contributed by atoms with Gasteiger partial charge < -0.3 is 20.6 Å². The van der Waals surface area contributed by atoms with Crippen LogP contribution in [0.1, 0.15) is 70.3 Å². The van der Waals surface area contributed by atoms with Crippen molar-refractivity contribution in [2.45, 2.75) is 45.4 Å². The van der Waals surface area contributed by atoms with Crippen LogP contribution < -0.4 is 10.6 Å². The lowest BCUT2D eigenvalue weighted by atomic mass is 9.80. The summed E-state index contributed by atoms with van der Waals surface area (Å²) in [5, 5.41) is 6.97. The van der Waals surface area contributed by atoms with Gasteiger partial charge in [-0.15, -0.1) is 0 Å². The fraction of sp³-hybridized carbons (Fsp3) is 0.191. The Kier molecular flexibility index (Phi) is 10.2. The summed E-state index contributed by atoms with van der Waals surface area (Å²) < 4.78 is 0. The topological polar surface area (TPSA) is 116 Å². The van der Waals surface area contributed by atoms with Crippen LogP contribution in [0.15, 0.2) is 140 Å². The second-order valence-electron chi connectivity index (χ2n) is 14.7. The van der Waals surface area contributed by atoms with Gasteiger partial charge in [0, 0.05) is 71.5 Å². The molecule has 0 spiro atoms. The van der Waals surface area contributed by atoms with E-state index in [0.29, 0.717) is 24.7 Å². The lowest BCUT2D eigenvalue weighted by Crippen LogP contribution is -2.23. The van der Waals surface area contributed by atoms with E-state index in [9.17, 15) is 9.59 Å². The molecule has 8 heteroatoms. The highest BCUT2D eigenvalue weighted by Gasteiger charge is 2.34. The second kappa shape index (κ2) is 15.8. The molecule has 2 aliphatic rings. The molecule has 0 bridgehead atoms. The maximum atomic E-state index is 13.3. The number of nitrogens with zero attached hydrogens (tertiary/aromatic N) is 2. The van der Waals surface area contributed by atoms with E-state index >= 15 is 0 Å². The van der Waals surface area contributed by atoms with Crippen molar-refractivity contribution in [2.24, 2.45) is 11.8 Å². The highest BCUT2D eigenvalue weighted by Crippen LogP contribution is 2.43. The van der Waals surface area contributed by atoms with Gasteiger partial charge in [-0.25, -0.2) is 0 Å². The van der Waals surface area contributed by atoms with Gasteiger partial charge in [0.25, 0.3) is 0 Å². The van der Waals surface area contributed by atoms with Crippen molar-refractivity contribution in [1.82, 2.24) is 19.9 Å². The van der Waals surface area contributed by atoms with Crippen LogP contribution in [-0.4, -0.2) is 31.5 Å². The van der Waals surface area contributed by atoms with E-state index < -0.39 is 0 Å². The number of carbonyl (C=O) groups excluding carboxylic acids is 2. The first-order chi connectivity index (χ1) is 26.9. The number of fused-ring (bicyclic) bond motifs is 2. The van der Waals surface area contributed by atoms with Gasteiger partial charge in [-0.1, -0.05) is 80.6 Å². The third kappa shape index (κ3) is 7.62. The number of benzene rings is 3. The fourth-order valence-electron chi connectivity index (χ4n) is 7.83. The van der Waals surface area contributed by atoms with Crippen LogP contribution in [-0.2, 0) is 12.8 Å². The van der Waals surface area contributed by atoms with Crippen molar-refractivity contribution in [3.63, 3.8) is 0 Å². The van der Waals surface area contributed by atoms with Crippen molar-refractivity contribution in [3.05, 3.63) is 168 Å². The molecule has 0 fully saturated rings. The Morgan fingerprint density at radius 1 is 0.545 bits per heavy atom. The van der Waals surface area contributed by atoms with Gasteiger partial charge in [-0.05, 0) is 84.7 Å². The molecule has 0 aliphatic heterocycles. The molecule has 9 rings (SSSR count). The Balaban J connectivity index is 0.000000156. The fourth-order valence-corrected chi connectivity index (χ4v) is 7.83. The Labute approximate surface area is 321 Å². The molecule has 4 heterocycles. The van der Waals surface area contributed by atoms with Crippen molar-refractivity contribution in [3.8, 4) is 22.5 Å². The third-order valence-corrected chi connectivity index (χ3v) is 10.7. The molecule has 3 aromatic carbocycles. The molecule has 4 N–H and O–H groups in total. The molecule has 0 saturated carbocycles. The number of hydrogen-bond acceptors (Lipinski definition) is 6. The lowest BCUT2D eigenvalue weighted by molar-refractivity contribution is 0.0931. The highest BCUT2D eigenvalue weighted by molar-refractivity contribution is 6.08. The SMILES string of the molecule is CC(C)C1CC(=O)c2c([nH]c(-c3ccncc3)c2Nc2ccccc2)C1.O=C1CC(c2ccccc2)Cc2[nH]c(-c3ccncc3)c(Nc3ccccc3)c21. The van der Waals surface area contributed by atoms with Crippen LogP contribution >= 0.6 is 0 Å². The van der Waals surface area contributed by atoms with E-state index in [1.807, 2.05) is 103 Å². The minimum absolute atomic E-state index is 0.176. The summed E-state index contributed by atoms with van der Waals surface area (Å²) in [5.74, 6) is 1.48. The van der Waals surface area contributed by atoms with Gasteiger partial charge in [0.2, 0.25) is 0 Å². The van der Waals surface area contributed by atoms with E-state index in [2.05, 4.69) is 56.5 Å². The van der Waals surface area contributed by atoms with E-state index in [4.69, 9.17) is 0 Å². The van der Waals surface area contributed by atoms with Crippen LogP contribution in [0.4, 0.5) is 22.7 Å². The summed E-state index contributed by atoms with van der Waals surface area (Å²) in [6, 6.07) is 38.1. The number of aromatic nitrogens is 4. The first-order valence-electron chi connectivity index (χ1n) is 19.0. The number of ketones is 2. The van der Waals surface area contributed by atoms with Gasteiger partial charge in [0.1, 0.15) is 0 Å². The smallest absolute Gasteiger partial charge is 0.167 e. The summed E-state index contributed by atoms with van der Waals surface area (Å²) in [7, 11) is 0. The van der Waals surface area contributed by atoms with Gasteiger partial charge in [-0.2, -0.15) is 0 Å². The molecule has 0 saturated heterocycles. The Bertz CT molecular complexity index is 2390. The molecule has 2 unspecified atom stereocenters. The summed E-state index contributed by atoms with van der Waals surface area (Å²) >= 11 is 0. The molecule has 274 valence electrons. The Morgan fingerprint density at radius 3 is 1.45 bits per heavy atom. The number of para-hydroxylation sites is 2. The number of anilines is 4. The highest BCUT2D eigenvalue weighted by atomic mass is 16.1. The van der Waals surface area contributed by atoms with Crippen molar-refractivity contribution < 1.29 is 9.59 Å². The molecule has 0 amide bonds. The predicted octanol–water partition coefficient (Wildman–Crippen LogP) is 11.0. The van der Waals surface area contributed by atoms with Crippen LogP contribution in [0.5, 0.6) is 0 Å². The van der Waals surface area contributed by atoms with Crippen molar-refractivity contribution in [2.75, 3.05) is 10.6 Å². The van der Waals surface area contributed by atoms with Gasteiger partial charge in [0.05, 0.1) is 33.9 Å². The number of H-pyrrole nitrogens is 2. The maximum absolute atomic E-state index is 13.3. The molecular weight excluding hydrogens is 681 g/mol. The summed E-state index contributed by atoms with van der Waals surface area (Å²) in [4.78, 5) is 41.6. The zero-order valence-corrected chi connectivity index (χ0v) is 31.1. The Morgan fingerprint density at radius 2 is 0.982 bits per heavy atom. The standard InChI is InChI=1S/C25H21N3O.C22H23N3O/c29-22-16-19(17-7-3-1-4-8-17)15-21-23(22)25(27-20-9-5-2-6-10-20)24(28-21)18-11-13-26-14-12-18;1-14(2)16-12-18-20(19(26)13-16)22(24-17-6-4-3-5-7-17)21(25-18)15-8-10-23-11-9-15/h1-14,19,27-28H,15-16H2;3-11,14,16,24-25H,12-13H2,1-2H3. The summed E-state index contributed by atoms with van der Waals surface area (Å²) in [6.45, 7) is 4.39. The van der Waals surface area contributed by atoms with Crippen LogP contribution in [0.3, 0.4) is 0 Å². The average molecular weight is 725 g/mol. The van der Waals surface area contributed by atoms with Gasteiger partial charge >= 0.3 is 0 Å². The first-order valence-corrected chi connectivity index (χ1v) is 19.0. The number of carbonyl (C=O) groups is 2. The van der Waals surface area contributed by atoms with Gasteiger partial charge in [0.15, 0.2) is 11.6 Å². The quantitative estimate of drug-likeness (QED) is 0.124. The van der Waals surface area contributed by atoms with Crippen LogP contribution in [0.25, 0.3) is 22.5 Å². The predicted molar refractivity (Wildman–Crippen MR) is 220 cm³/mol. The van der Waals surface area contributed by atoms with Crippen molar-refractivity contribution in [1.29, 1.82) is 0 Å². The molecule has 2 atom stereocenters. The molecule has 4 aromatic heterocycles. The van der Waals surface area contributed by atoms with Crippen LogP contribution in [0, 0.1) is 11.8 Å². The third-order valence-electron chi connectivity index (χ3n) is 10.7. The summed E-state index contributed by atoms with van der Waals surface area (Å²) in [6.07, 6.45) is 9.97. The largest absolute Gasteiger partial charge is 0.356 e. The number of pyridine rings is 2. The molecular formula is C47H44N6O2. The zero-order chi connectivity index (χ0) is 37.7. The first kappa shape index (κ1) is 35.5.